The van der Waals surface area contributed by atoms with E-state index in [4.69, 9.17) is 9.88 Å². The molecule has 2 heterocycles. The number of methoxy groups -OCH3 is 1. The number of primary sulfonamides is 1. The number of carbonyl (C=O) groups excluding carboxylic acids is 1. The third kappa shape index (κ3) is 4.41. The second-order valence-corrected chi connectivity index (χ2v) is 10.1. The van der Waals surface area contributed by atoms with Gasteiger partial charge in [0.05, 0.1) is 12.8 Å². The van der Waals surface area contributed by atoms with E-state index in [1.54, 1.807) is 24.3 Å². The summed E-state index contributed by atoms with van der Waals surface area (Å²) >= 11 is 0.850. The van der Waals surface area contributed by atoms with Crippen LogP contribution in [0.25, 0.3) is 11.1 Å². The smallest absolute Gasteiger partial charge is 0.330 e. The fourth-order valence-corrected chi connectivity index (χ4v) is 5.66. The lowest BCUT2D eigenvalue weighted by molar-refractivity contribution is 0.248. The Morgan fingerprint density at radius 3 is 2.39 bits per heavy atom. The molecule has 33 heavy (non-hydrogen) atoms. The van der Waals surface area contributed by atoms with Gasteiger partial charge in [-0.05, 0) is 37.1 Å². The van der Waals surface area contributed by atoms with Gasteiger partial charge in [-0.15, -0.1) is 0 Å². The number of ether oxygens (including phenoxy) is 1. The summed E-state index contributed by atoms with van der Waals surface area (Å²) in [7, 11) is -2.63. The predicted molar refractivity (Wildman–Crippen MR) is 121 cm³/mol. The molecule has 0 bridgehead atoms. The number of sulfonamides is 1. The number of nitrogens with zero attached hydrogens (tertiary/aromatic N) is 3. The first kappa shape index (κ1) is 23.1. The van der Waals surface area contributed by atoms with E-state index in [0.29, 0.717) is 30.8 Å². The third-order valence-electron chi connectivity index (χ3n) is 5.16. The average Bonchev–Trinajstić information content (AvgIpc) is 3.15. The fraction of sp³-hybridized carbons (Fsp3) is 0.238. The van der Waals surface area contributed by atoms with Crippen molar-refractivity contribution in [3.63, 3.8) is 0 Å². The highest BCUT2D eigenvalue weighted by molar-refractivity contribution is 7.91. The lowest BCUT2D eigenvalue weighted by Crippen LogP contribution is -2.49. The number of halogens is 2. The van der Waals surface area contributed by atoms with Gasteiger partial charge in [0.25, 0.3) is 0 Å². The van der Waals surface area contributed by atoms with Crippen molar-refractivity contribution >= 4 is 38.2 Å². The largest absolute Gasteiger partial charge is 0.493 e. The number of hydrogen-bond donors (Lipinski definition) is 1. The molecule has 2 N–H and O–H groups in total. The molecule has 12 heteroatoms. The first-order valence-electron chi connectivity index (χ1n) is 9.83. The van der Waals surface area contributed by atoms with Crippen molar-refractivity contribution in [2.75, 3.05) is 30.0 Å². The van der Waals surface area contributed by atoms with Crippen molar-refractivity contribution in [3.8, 4) is 16.9 Å². The van der Waals surface area contributed by atoms with E-state index in [1.165, 1.54) is 29.9 Å². The van der Waals surface area contributed by atoms with E-state index < -0.39 is 21.7 Å². The van der Waals surface area contributed by atoms with Gasteiger partial charge in [0.2, 0.25) is 10.0 Å². The summed E-state index contributed by atoms with van der Waals surface area (Å²) in [6.07, 6.45) is 0.625. The SMILES string of the molecule is COc1c(F)cc(F)cc1-c1ccc(N2CCCN(c3nc(C)c(S(N)(=O)=O)s3)C2=O)cc1. The summed E-state index contributed by atoms with van der Waals surface area (Å²) in [5.41, 5.74) is 1.58. The van der Waals surface area contributed by atoms with Crippen molar-refractivity contribution in [3.05, 3.63) is 53.7 Å². The van der Waals surface area contributed by atoms with Crippen LogP contribution < -0.4 is 19.7 Å². The molecule has 1 aliphatic heterocycles. The lowest BCUT2D eigenvalue weighted by Gasteiger charge is -2.34. The van der Waals surface area contributed by atoms with Crippen LogP contribution in [0.2, 0.25) is 0 Å². The van der Waals surface area contributed by atoms with Gasteiger partial charge in [-0.2, -0.15) is 0 Å². The number of amides is 2. The second kappa shape index (κ2) is 8.69. The van der Waals surface area contributed by atoms with Crippen molar-refractivity contribution < 1.29 is 26.7 Å². The Bertz CT molecular complexity index is 1330. The minimum atomic E-state index is -3.94. The summed E-state index contributed by atoms with van der Waals surface area (Å²) in [6.45, 7) is 2.34. The molecule has 0 unspecified atom stereocenters. The molecule has 4 rings (SSSR count). The van der Waals surface area contributed by atoms with Crippen LogP contribution in [0, 0.1) is 18.6 Å². The quantitative estimate of drug-likeness (QED) is 0.579. The van der Waals surface area contributed by atoms with Crippen molar-refractivity contribution in [1.29, 1.82) is 0 Å². The number of nitrogens with two attached hydrogens (primary N) is 1. The van der Waals surface area contributed by atoms with Crippen LogP contribution in [-0.4, -0.2) is 39.6 Å². The monoisotopic (exact) mass is 494 g/mol. The molecule has 0 radical (unpaired) electrons. The maximum absolute atomic E-state index is 14.1. The van der Waals surface area contributed by atoms with Gasteiger partial charge in [-0.1, -0.05) is 23.5 Å². The Morgan fingerprint density at radius 2 is 1.79 bits per heavy atom. The molecule has 0 saturated carbocycles. The Kier molecular flexibility index (Phi) is 6.08. The maximum atomic E-state index is 14.1. The number of hydrogen-bond acceptors (Lipinski definition) is 6. The first-order valence-corrected chi connectivity index (χ1v) is 12.2. The van der Waals surface area contributed by atoms with Gasteiger partial charge in [0, 0.05) is 30.4 Å². The molecule has 174 valence electrons. The molecule has 8 nitrogen and oxygen atoms in total. The zero-order valence-electron chi connectivity index (χ0n) is 17.7. The molecule has 2 aromatic carbocycles. The van der Waals surface area contributed by atoms with E-state index in [0.717, 1.165) is 17.4 Å². The molecule has 1 aliphatic rings. The molecule has 0 aliphatic carbocycles. The topological polar surface area (TPSA) is 106 Å². The number of aromatic nitrogens is 1. The molecule has 2 amide bonds. The molecule has 3 aromatic rings. The fourth-order valence-electron chi connectivity index (χ4n) is 3.69. The number of aryl methyl sites for hydroxylation is 1. The molecular formula is C21H20F2N4O4S2. The summed E-state index contributed by atoms with van der Waals surface area (Å²) in [4.78, 5) is 20.3. The zero-order valence-corrected chi connectivity index (χ0v) is 19.3. The van der Waals surface area contributed by atoms with Crippen LogP contribution in [0.1, 0.15) is 12.1 Å². The van der Waals surface area contributed by atoms with E-state index >= 15 is 0 Å². The van der Waals surface area contributed by atoms with E-state index in [1.807, 2.05) is 0 Å². The van der Waals surface area contributed by atoms with Crippen molar-refractivity contribution in [2.24, 2.45) is 5.14 Å². The van der Waals surface area contributed by atoms with Crippen molar-refractivity contribution in [2.45, 2.75) is 17.6 Å². The normalized spacial score (nSPS) is 14.6. The summed E-state index contributed by atoms with van der Waals surface area (Å²) in [5, 5.41) is 5.48. The van der Waals surface area contributed by atoms with Gasteiger partial charge in [0.15, 0.2) is 20.9 Å². The number of benzene rings is 2. The maximum Gasteiger partial charge on any atom is 0.330 e. The Morgan fingerprint density at radius 1 is 1.12 bits per heavy atom. The standard InChI is InChI=1S/C21H20F2N4O4S2/c1-12-19(33(24,29)30)32-20(25-12)27-9-3-8-26(21(27)28)15-6-4-13(5-7-15)16-10-14(22)11-17(23)18(16)31-2/h4-7,10-11H,3,8-9H2,1-2H3,(H2,24,29,30). The summed E-state index contributed by atoms with van der Waals surface area (Å²) < 4.78 is 56.3. The van der Waals surface area contributed by atoms with Crippen LogP contribution >= 0.6 is 11.3 Å². The highest BCUT2D eigenvalue weighted by Crippen LogP contribution is 2.36. The van der Waals surface area contributed by atoms with Crippen LogP contribution in [0.4, 0.5) is 24.4 Å². The molecule has 1 saturated heterocycles. The molecule has 1 fully saturated rings. The molecule has 1 aromatic heterocycles. The molecule has 0 atom stereocenters. The van der Waals surface area contributed by atoms with Gasteiger partial charge in [-0.25, -0.2) is 32.1 Å². The van der Waals surface area contributed by atoms with Gasteiger partial charge >= 0.3 is 6.03 Å². The zero-order chi connectivity index (χ0) is 23.9. The van der Waals surface area contributed by atoms with E-state index in [9.17, 15) is 22.0 Å². The highest BCUT2D eigenvalue weighted by Gasteiger charge is 2.31. The lowest BCUT2D eigenvalue weighted by atomic mass is 10.0. The summed E-state index contributed by atoms with van der Waals surface area (Å²) in [5.74, 6) is -1.61. The van der Waals surface area contributed by atoms with E-state index in [2.05, 4.69) is 4.98 Å². The average molecular weight is 495 g/mol. The predicted octanol–water partition coefficient (Wildman–Crippen LogP) is 3.89. The number of thiazole rings is 1. The Labute approximate surface area is 193 Å². The highest BCUT2D eigenvalue weighted by atomic mass is 32.2. The number of rotatable bonds is 5. The van der Waals surface area contributed by atoms with Crippen LogP contribution in [0.15, 0.2) is 40.6 Å². The third-order valence-corrected chi connectivity index (χ3v) is 7.89. The van der Waals surface area contributed by atoms with Crippen LogP contribution in [-0.2, 0) is 10.0 Å². The number of anilines is 2. The summed E-state index contributed by atoms with van der Waals surface area (Å²) in [6, 6.07) is 8.19. The number of carbonyl (C=O) groups is 1. The minimum absolute atomic E-state index is 0.0748. The molecule has 0 spiro atoms. The molecular weight excluding hydrogens is 474 g/mol. The van der Waals surface area contributed by atoms with Gasteiger partial charge in [-0.3, -0.25) is 9.80 Å². The Hall–Kier alpha value is -3.09. The first-order chi connectivity index (χ1) is 15.6. The van der Waals surface area contributed by atoms with Gasteiger partial charge in [0.1, 0.15) is 5.82 Å². The van der Waals surface area contributed by atoms with E-state index in [-0.39, 0.29) is 32.4 Å². The number of urea groups is 1. The van der Waals surface area contributed by atoms with Crippen molar-refractivity contribution in [1.82, 2.24) is 4.98 Å². The Balaban J connectivity index is 1.62. The van der Waals surface area contributed by atoms with Crippen LogP contribution in [0.3, 0.4) is 0 Å². The minimum Gasteiger partial charge on any atom is -0.493 e. The van der Waals surface area contributed by atoms with Gasteiger partial charge < -0.3 is 4.74 Å². The second-order valence-electron chi connectivity index (χ2n) is 7.37. The van der Waals surface area contributed by atoms with Crippen LogP contribution in [0.5, 0.6) is 5.75 Å².